The maximum Gasteiger partial charge on any atom is 0.142 e. The Morgan fingerprint density at radius 1 is 1.41 bits per heavy atom. The molecule has 0 N–H and O–H groups in total. The second kappa shape index (κ2) is 6.22. The number of aromatic nitrogens is 3. The predicted octanol–water partition coefficient (Wildman–Crippen LogP) is 1.81. The predicted molar refractivity (Wildman–Crippen MR) is 84.1 cm³/mol. The summed E-state index contributed by atoms with van der Waals surface area (Å²) in [6, 6.07) is 0.502. The van der Waals surface area contributed by atoms with Gasteiger partial charge in [0.1, 0.15) is 11.5 Å². The van der Waals surface area contributed by atoms with E-state index in [1.165, 1.54) is 11.1 Å². The largest absolute Gasteiger partial charge is 0.361 e. The van der Waals surface area contributed by atoms with Gasteiger partial charge in [0.2, 0.25) is 0 Å². The number of rotatable bonds is 5. The monoisotopic (exact) mass is 303 g/mol. The normalized spacial score (nSPS) is 15.7. The summed E-state index contributed by atoms with van der Waals surface area (Å²) < 4.78 is 7.40. The zero-order valence-corrected chi connectivity index (χ0v) is 13.9. The second-order valence-corrected chi connectivity index (χ2v) is 6.52. The summed E-state index contributed by atoms with van der Waals surface area (Å²) in [5, 5.41) is 8.55. The van der Waals surface area contributed by atoms with Crippen molar-refractivity contribution in [3.8, 4) is 0 Å². The van der Waals surface area contributed by atoms with Crippen LogP contribution in [0.15, 0.2) is 16.9 Å². The summed E-state index contributed by atoms with van der Waals surface area (Å²) in [5.74, 6) is 1.06. The van der Waals surface area contributed by atoms with E-state index >= 15 is 0 Å². The molecule has 0 fully saturated rings. The lowest BCUT2D eigenvalue weighted by molar-refractivity contribution is 0.228. The number of nitrogens with zero attached hydrogens (tertiary/aromatic N) is 5. The first kappa shape index (κ1) is 15.2. The highest BCUT2D eigenvalue weighted by Crippen LogP contribution is 2.24. The molecule has 120 valence electrons. The SMILES string of the molecule is CC(C)N(C)Cc1noc2c1CN(Cc1cnn(C)c1)CC2. The summed E-state index contributed by atoms with van der Waals surface area (Å²) in [7, 11) is 4.08. The van der Waals surface area contributed by atoms with Gasteiger partial charge in [-0.25, -0.2) is 0 Å². The van der Waals surface area contributed by atoms with Crippen molar-refractivity contribution in [2.75, 3.05) is 13.6 Å². The van der Waals surface area contributed by atoms with Crippen LogP contribution in [0.3, 0.4) is 0 Å². The van der Waals surface area contributed by atoms with Gasteiger partial charge in [-0.05, 0) is 20.9 Å². The lowest BCUT2D eigenvalue weighted by Gasteiger charge is -2.26. The van der Waals surface area contributed by atoms with Crippen LogP contribution >= 0.6 is 0 Å². The average molecular weight is 303 g/mol. The first-order chi connectivity index (χ1) is 10.5. The molecular formula is C16H25N5O. The van der Waals surface area contributed by atoms with E-state index in [0.717, 1.165) is 44.1 Å². The molecule has 1 aliphatic rings. The van der Waals surface area contributed by atoms with Crippen LogP contribution in [0.1, 0.15) is 36.4 Å². The lowest BCUT2D eigenvalue weighted by atomic mass is 10.0. The van der Waals surface area contributed by atoms with Crippen LogP contribution in [-0.2, 0) is 33.1 Å². The minimum absolute atomic E-state index is 0.502. The summed E-state index contributed by atoms with van der Waals surface area (Å²) >= 11 is 0. The van der Waals surface area contributed by atoms with Crippen molar-refractivity contribution in [3.63, 3.8) is 0 Å². The third kappa shape index (κ3) is 3.23. The van der Waals surface area contributed by atoms with E-state index in [1.54, 1.807) is 0 Å². The van der Waals surface area contributed by atoms with Gasteiger partial charge in [-0.1, -0.05) is 5.16 Å². The van der Waals surface area contributed by atoms with Gasteiger partial charge in [-0.2, -0.15) is 5.10 Å². The summed E-state index contributed by atoms with van der Waals surface area (Å²) in [4.78, 5) is 4.73. The van der Waals surface area contributed by atoms with Gasteiger partial charge in [-0.15, -0.1) is 0 Å². The van der Waals surface area contributed by atoms with Crippen LogP contribution < -0.4 is 0 Å². The highest BCUT2D eigenvalue weighted by molar-refractivity contribution is 5.25. The van der Waals surface area contributed by atoms with Crippen LogP contribution in [-0.4, -0.2) is 44.4 Å². The van der Waals surface area contributed by atoms with Gasteiger partial charge in [0.25, 0.3) is 0 Å². The molecule has 6 heteroatoms. The molecule has 2 aromatic rings. The molecule has 0 radical (unpaired) electrons. The Morgan fingerprint density at radius 3 is 2.91 bits per heavy atom. The van der Waals surface area contributed by atoms with Crippen LogP contribution in [0, 0.1) is 0 Å². The Hall–Kier alpha value is -1.66. The third-order valence-corrected chi connectivity index (χ3v) is 4.43. The molecule has 0 unspecified atom stereocenters. The average Bonchev–Trinajstić information content (AvgIpc) is 3.06. The molecule has 0 amide bonds. The molecule has 22 heavy (non-hydrogen) atoms. The number of hydrogen-bond acceptors (Lipinski definition) is 5. The Kier molecular flexibility index (Phi) is 4.31. The van der Waals surface area contributed by atoms with Crippen molar-refractivity contribution in [1.29, 1.82) is 0 Å². The van der Waals surface area contributed by atoms with E-state index in [-0.39, 0.29) is 0 Å². The molecule has 0 saturated heterocycles. The molecule has 0 aromatic carbocycles. The first-order valence-corrected chi connectivity index (χ1v) is 7.89. The van der Waals surface area contributed by atoms with E-state index in [9.17, 15) is 0 Å². The van der Waals surface area contributed by atoms with Crippen LogP contribution in [0.25, 0.3) is 0 Å². The standard InChI is InChI=1S/C16H25N5O/c1-12(2)19(3)11-15-14-10-21(6-5-16(14)22-18-15)9-13-7-17-20(4)8-13/h7-8,12H,5-6,9-11H2,1-4H3. The van der Waals surface area contributed by atoms with Gasteiger partial charge in [0.15, 0.2) is 0 Å². The highest BCUT2D eigenvalue weighted by atomic mass is 16.5. The topological polar surface area (TPSA) is 50.3 Å². The van der Waals surface area contributed by atoms with Gasteiger partial charge < -0.3 is 4.52 Å². The summed E-state index contributed by atoms with van der Waals surface area (Å²) in [6.07, 6.45) is 4.96. The molecule has 0 saturated carbocycles. The van der Waals surface area contributed by atoms with Crippen molar-refractivity contribution >= 4 is 0 Å². The molecule has 0 bridgehead atoms. The van der Waals surface area contributed by atoms with Gasteiger partial charge >= 0.3 is 0 Å². The minimum Gasteiger partial charge on any atom is -0.361 e. The third-order valence-electron chi connectivity index (χ3n) is 4.43. The van der Waals surface area contributed by atoms with Gasteiger partial charge in [0, 0.05) is 63.0 Å². The summed E-state index contributed by atoms with van der Waals surface area (Å²) in [6.45, 7) is 8.09. The van der Waals surface area contributed by atoms with Crippen LogP contribution in [0.2, 0.25) is 0 Å². The molecule has 6 nitrogen and oxygen atoms in total. The van der Waals surface area contributed by atoms with E-state index in [4.69, 9.17) is 4.52 Å². The van der Waals surface area contributed by atoms with Crippen LogP contribution in [0.5, 0.6) is 0 Å². The van der Waals surface area contributed by atoms with Crippen molar-refractivity contribution in [1.82, 2.24) is 24.7 Å². The molecule has 0 spiro atoms. The fraction of sp³-hybridized carbons (Fsp3) is 0.625. The summed E-state index contributed by atoms with van der Waals surface area (Å²) in [5.41, 5.74) is 3.62. The van der Waals surface area contributed by atoms with Crippen molar-refractivity contribution in [2.45, 2.75) is 45.9 Å². The molecule has 1 aliphatic heterocycles. The maximum absolute atomic E-state index is 5.55. The first-order valence-electron chi connectivity index (χ1n) is 7.89. The van der Waals surface area contributed by atoms with Crippen molar-refractivity contribution < 1.29 is 4.52 Å². The van der Waals surface area contributed by atoms with Crippen molar-refractivity contribution in [3.05, 3.63) is 35.0 Å². The Bertz CT molecular complexity index is 630. The molecular weight excluding hydrogens is 278 g/mol. The van der Waals surface area contributed by atoms with Crippen molar-refractivity contribution in [2.24, 2.45) is 7.05 Å². The molecule has 0 atom stereocenters. The van der Waals surface area contributed by atoms with Crippen LogP contribution in [0.4, 0.5) is 0 Å². The second-order valence-electron chi connectivity index (χ2n) is 6.52. The fourth-order valence-corrected chi connectivity index (χ4v) is 2.81. The number of aryl methyl sites for hydroxylation is 1. The van der Waals surface area contributed by atoms with E-state index in [1.807, 2.05) is 17.9 Å². The number of hydrogen-bond donors (Lipinski definition) is 0. The van der Waals surface area contributed by atoms with E-state index < -0.39 is 0 Å². The van der Waals surface area contributed by atoms with E-state index in [2.05, 4.69) is 47.1 Å². The molecule has 3 heterocycles. The van der Waals surface area contributed by atoms with Gasteiger partial charge in [-0.3, -0.25) is 14.5 Å². The quantitative estimate of drug-likeness (QED) is 0.843. The number of fused-ring (bicyclic) bond motifs is 1. The fourth-order valence-electron chi connectivity index (χ4n) is 2.81. The Morgan fingerprint density at radius 2 is 2.23 bits per heavy atom. The minimum atomic E-state index is 0.502. The zero-order valence-electron chi connectivity index (χ0n) is 13.9. The zero-order chi connectivity index (χ0) is 15.7. The molecule has 3 rings (SSSR count). The highest BCUT2D eigenvalue weighted by Gasteiger charge is 2.25. The Balaban J connectivity index is 1.70. The molecule has 0 aliphatic carbocycles. The maximum atomic E-state index is 5.55. The molecule has 2 aromatic heterocycles. The Labute approximate surface area is 131 Å². The van der Waals surface area contributed by atoms with E-state index in [0.29, 0.717) is 6.04 Å². The smallest absolute Gasteiger partial charge is 0.142 e. The lowest BCUT2D eigenvalue weighted by Crippen LogP contribution is -2.31. The van der Waals surface area contributed by atoms with Gasteiger partial charge in [0.05, 0.1) is 6.20 Å².